The minimum Gasteiger partial charge on any atom is -0.447 e. The summed E-state index contributed by atoms with van der Waals surface area (Å²) in [6, 6.07) is 5.46. The second-order valence-corrected chi connectivity index (χ2v) is 4.63. The lowest BCUT2D eigenvalue weighted by atomic mass is 10.3. The third kappa shape index (κ3) is 2.92. The Bertz CT molecular complexity index is 538. The van der Waals surface area contributed by atoms with Gasteiger partial charge in [-0.05, 0) is 25.1 Å². The Labute approximate surface area is 102 Å². The third-order valence-electron chi connectivity index (χ3n) is 2.07. The molecule has 0 atom stereocenters. The van der Waals surface area contributed by atoms with Crippen LogP contribution in [0.2, 0.25) is 0 Å². The van der Waals surface area contributed by atoms with E-state index in [9.17, 15) is 4.79 Å². The van der Waals surface area contributed by atoms with Gasteiger partial charge in [-0.2, -0.15) is 0 Å². The molecular formula is C11H12N2O3S. The van der Waals surface area contributed by atoms with Crippen molar-refractivity contribution in [3.8, 4) is 0 Å². The number of aryl methyl sites for hydroxylation is 1. The fourth-order valence-electron chi connectivity index (χ4n) is 1.41. The van der Waals surface area contributed by atoms with Gasteiger partial charge >= 0.3 is 6.09 Å². The Hall–Kier alpha value is -1.66. The lowest BCUT2D eigenvalue weighted by molar-refractivity contribution is 0.131. The van der Waals surface area contributed by atoms with Crippen molar-refractivity contribution in [3.05, 3.63) is 23.2 Å². The van der Waals surface area contributed by atoms with Gasteiger partial charge in [-0.25, -0.2) is 9.78 Å². The Kier molecular flexibility index (Phi) is 3.55. The minimum atomic E-state index is -0.570. The molecule has 6 heteroatoms. The molecule has 0 aliphatic rings. The summed E-state index contributed by atoms with van der Waals surface area (Å²) < 4.78 is 5.72. The van der Waals surface area contributed by atoms with E-state index < -0.39 is 6.09 Å². The number of aliphatic hydroxyl groups is 1. The fraction of sp³-hybridized carbons (Fsp3) is 0.273. The lowest BCUT2D eigenvalue weighted by Gasteiger charge is -2.05. The van der Waals surface area contributed by atoms with E-state index >= 15 is 0 Å². The van der Waals surface area contributed by atoms with E-state index in [4.69, 9.17) is 9.84 Å². The molecule has 2 N–H and O–H groups in total. The van der Waals surface area contributed by atoms with E-state index in [0.717, 1.165) is 15.2 Å². The number of thiazole rings is 1. The zero-order valence-electron chi connectivity index (χ0n) is 9.27. The predicted octanol–water partition coefficient (Wildman–Crippen LogP) is 2.15. The van der Waals surface area contributed by atoms with E-state index in [-0.39, 0.29) is 13.2 Å². The van der Waals surface area contributed by atoms with E-state index in [1.54, 1.807) is 17.4 Å². The number of ether oxygens (including phenoxy) is 1. The highest BCUT2D eigenvalue weighted by Gasteiger charge is 2.05. The normalized spacial score (nSPS) is 10.5. The van der Waals surface area contributed by atoms with Gasteiger partial charge in [-0.3, -0.25) is 5.32 Å². The summed E-state index contributed by atoms with van der Waals surface area (Å²) >= 11 is 1.57. The van der Waals surface area contributed by atoms with Crippen LogP contribution >= 0.6 is 11.3 Å². The van der Waals surface area contributed by atoms with Crippen molar-refractivity contribution in [2.75, 3.05) is 18.5 Å². The molecule has 0 aliphatic carbocycles. The Morgan fingerprint density at radius 1 is 1.59 bits per heavy atom. The number of aliphatic hydroxyl groups excluding tert-OH is 1. The molecule has 5 nitrogen and oxygen atoms in total. The zero-order valence-corrected chi connectivity index (χ0v) is 10.1. The first kappa shape index (κ1) is 11.8. The first-order valence-corrected chi connectivity index (χ1v) is 5.92. The number of hydrogen-bond acceptors (Lipinski definition) is 5. The first-order valence-electron chi connectivity index (χ1n) is 5.11. The van der Waals surface area contributed by atoms with Crippen molar-refractivity contribution in [2.24, 2.45) is 0 Å². The molecule has 1 aromatic carbocycles. The molecular weight excluding hydrogens is 240 g/mol. The molecule has 2 rings (SSSR count). The molecule has 1 aromatic heterocycles. The van der Waals surface area contributed by atoms with Gasteiger partial charge < -0.3 is 9.84 Å². The van der Waals surface area contributed by atoms with Gasteiger partial charge in [0.2, 0.25) is 0 Å². The number of benzene rings is 1. The highest BCUT2D eigenvalue weighted by molar-refractivity contribution is 7.18. The van der Waals surface area contributed by atoms with Crippen LogP contribution in [0.3, 0.4) is 0 Å². The quantitative estimate of drug-likeness (QED) is 0.878. The summed E-state index contributed by atoms with van der Waals surface area (Å²) in [5, 5.41) is 12.1. The summed E-state index contributed by atoms with van der Waals surface area (Å²) in [6.07, 6.45) is -0.570. The van der Waals surface area contributed by atoms with Crippen molar-refractivity contribution in [2.45, 2.75) is 6.92 Å². The van der Waals surface area contributed by atoms with E-state index in [1.807, 2.05) is 19.1 Å². The number of fused-ring (bicyclic) bond motifs is 1. The number of amides is 1. The Balaban J connectivity index is 2.10. The summed E-state index contributed by atoms with van der Waals surface area (Å²) in [4.78, 5) is 15.6. The predicted molar refractivity (Wildman–Crippen MR) is 66.4 cm³/mol. The summed E-state index contributed by atoms with van der Waals surface area (Å²) in [7, 11) is 0. The lowest BCUT2D eigenvalue weighted by Crippen LogP contribution is -2.15. The van der Waals surface area contributed by atoms with Crippen molar-refractivity contribution >= 4 is 33.3 Å². The second-order valence-electron chi connectivity index (χ2n) is 3.40. The highest BCUT2D eigenvalue weighted by atomic mass is 32.1. The van der Waals surface area contributed by atoms with Gasteiger partial charge in [0.05, 0.1) is 21.8 Å². The van der Waals surface area contributed by atoms with E-state index in [2.05, 4.69) is 10.3 Å². The maximum Gasteiger partial charge on any atom is 0.411 e. The number of nitrogens with zero attached hydrogens (tertiary/aromatic N) is 1. The molecule has 0 aliphatic heterocycles. The zero-order chi connectivity index (χ0) is 12.3. The third-order valence-corrected chi connectivity index (χ3v) is 3.00. The standard InChI is InChI=1S/C11H12N2O3S/c1-7-12-9-3-2-8(6-10(9)17-7)13-11(15)16-5-4-14/h2-3,6,14H,4-5H2,1H3,(H,13,15). The van der Waals surface area contributed by atoms with Gasteiger partial charge in [-0.15, -0.1) is 11.3 Å². The van der Waals surface area contributed by atoms with Gasteiger partial charge in [0.25, 0.3) is 0 Å². The molecule has 1 heterocycles. The van der Waals surface area contributed by atoms with Crippen LogP contribution in [0, 0.1) is 6.92 Å². The van der Waals surface area contributed by atoms with Crippen LogP contribution in [-0.4, -0.2) is 29.4 Å². The van der Waals surface area contributed by atoms with E-state index in [1.165, 1.54) is 0 Å². The smallest absolute Gasteiger partial charge is 0.411 e. The molecule has 0 saturated carbocycles. The number of rotatable bonds is 3. The summed E-state index contributed by atoms with van der Waals surface area (Å²) in [5.41, 5.74) is 1.57. The topological polar surface area (TPSA) is 71.5 Å². The largest absolute Gasteiger partial charge is 0.447 e. The summed E-state index contributed by atoms with van der Waals surface area (Å²) in [6.45, 7) is 1.75. The summed E-state index contributed by atoms with van der Waals surface area (Å²) in [5.74, 6) is 0. The van der Waals surface area contributed by atoms with Crippen molar-refractivity contribution < 1.29 is 14.6 Å². The van der Waals surface area contributed by atoms with Crippen LogP contribution in [-0.2, 0) is 4.74 Å². The van der Waals surface area contributed by atoms with Gasteiger partial charge in [-0.1, -0.05) is 0 Å². The maximum atomic E-state index is 11.3. The van der Waals surface area contributed by atoms with Gasteiger partial charge in [0, 0.05) is 5.69 Å². The average Bonchev–Trinajstić information content (AvgIpc) is 2.65. The Morgan fingerprint density at radius 2 is 2.41 bits per heavy atom. The highest BCUT2D eigenvalue weighted by Crippen LogP contribution is 2.24. The van der Waals surface area contributed by atoms with Gasteiger partial charge in [0.15, 0.2) is 0 Å². The second kappa shape index (κ2) is 5.11. The molecule has 0 spiro atoms. The van der Waals surface area contributed by atoms with Crippen molar-refractivity contribution in [3.63, 3.8) is 0 Å². The number of anilines is 1. The number of hydrogen-bond donors (Lipinski definition) is 2. The Morgan fingerprint density at radius 3 is 3.18 bits per heavy atom. The average molecular weight is 252 g/mol. The minimum absolute atomic E-state index is 0.00621. The SMILES string of the molecule is Cc1nc2ccc(NC(=O)OCCO)cc2s1. The van der Waals surface area contributed by atoms with Crippen LogP contribution < -0.4 is 5.32 Å². The molecule has 0 fully saturated rings. The van der Waals surface area contributed by atoms with Crippen molar-refractivity contribution in [1.82, 2.24) is 4.98 Å². The monoisotopic (exact) mass is 252 g/mol. The van der Waals surface area contributed by atoms with Crippen LogP contribution in [0.25, 0.3) is 10.2 Å². The molecule has 0 unspecified atom stereocenters. The molecule has 0 radical (unpaired) electrons. The maximum absolute atomic E-state index is 11.3. The number of nitrogens with one attached hydrogen (secondary N) is 1. The van der Waals surface area contributed by atoms with E-state index in [0.29, 0.717) is 5.69 Å². The first-order chi connectivity index (χ1) is 8.19. The van der Waals surface area contributed by atoms with Crippen LogP contribution in [0.15, 0.2) is 18.2 Å². The van der Waals surface area contributed by atoms with Crippen LogP contribution in [0.1, 0.15) is 5.01 Å². The molecule has 0 saturated heterocycles. The number of carbonyl (C=O) groups is 1. The number of aromatic nitrogens is 1. The molecule has 17 heavy (non-hydrogen) atoms. The van der Waals surface area contributed by atoms with Crippen LogP contribution in [0.5, 0.6) is 0 Å². The van der Waals surface area contributed by atoms with Gasteiger partial charge in [0.1, 0.15) is 6.61 Å². The molecule has 1 amide bonds. The molecule has 0 bridgehead atoms. The van der Waals surface area contributed by atoms with Crippen molar-refractivity contribution in [1.29, 1.82) is 0 Å². The fourth-order valence-corrected chi connectivity index (χ4v) is 2.28. The molecule has 2 aromatic rings. The van der Waals surface area contributed by atoms with Crippen LogP contribution in [0.4, 0.5) is 10.5 Å². The number of carbonyl (C=O) groups excluding carboxylic acids is 1. The molecule has 90 valence electrons.